The van der Waals surface area contributed by atoms with Gasteiger partial charge in [-0.15, -0.1) is 0 Å². The Morgan fingerprint density at radius 2 is 1.85 bits per heavy atom. The summed E-state index contributed by atoms with van der Waals surface area (Å²) in [6.07, 6.45) is 7.82. The molecule has 1 aromatic carbocycles. The number of hydrogen-bond acceptors (Lipinski definition) is 5. The Labute approximate surface area is 161 Å². The molecule has 5 heteroatoms. The predicted octanol–water partition coefficient (Wildman–Crippen LogP) is 3.58. The molecule has 0 N–H and O–H groups in total. The molecule has 1 saturated carbocycles. The van der Waals surface area contributed by atoms with Crippen LogP contribution in [0, 0.1) is 5.92 Å². The molecule has 3 fully saturated rings. The van der Waals surface area contributed by atoms with Crippen molar-refractivity contribution in [2.75, 3.05) is 39.3 Å². The van der Waals surface area contributed by atoms with E-state index in [2.05, 4.69) is 27.1 Å². The van der Waals surface area contributed by atoms with Gasteiger partial charge in [0.05, 0.1) is 5.41 Å². The normalized spacial score (nSPS) is 28.8. The number of hydrogen-bond donors (Lipinski definition) is 0. The first-order chi connectivity index (χ1) is 13.3. The summed E-state index contributed by atoms with van der Waals surface area (Å²) in [4.78, 5) is 10.1. The molecule has 1 aromatic heterocycles. The highest BCUT2D eigenvalue weighted by atomic mass is 16.5. The summed E-state index contributed by atoms with van der Waals surface area (Å²) in [6.45, 7) is 7.35. The van der Waals surface area contributed by atoms with Crippen molar-refractivity contribution >= 4 is 0 Å². The van der Waals surface area contributed by atoms with Crippen molar-refractivity contribution in [2.45, 2.75) is 43.9 Å². The van der Waals surface area contributed by atoms with Gasteiger partial charge < -0.3 is 14.3 Å². The Morgan fingerprint density at radius 1 is 1.04 bits per heavy atom. The molecule has 0 radical (unpaired) electrons. The zero-order valence-electron chi connectivity index (χ0n) is 16.1. The fraction of sp³-hybridized carbons (Fsp3) is 0.636. The summed E-state index contributed by atoms with van der Waals surface area (Å²) in [5.74, 6) is 2.29. The summed E-state index contributed by atoms with van der Waals surface area (Å²) >= 11 is 0. The van der Waals surface area contributed by atoms with E-state index in [-0.39, 0.29) is 5.41 Å². The van der Waals surface area contributed by atoms with Crippen LogP contribution in [0.4, 0.5) is 0 Å². The van der Waals surface area contributed by atoms with Crippen LogP contribution in [0.3, 0.4) is 0 Å². The van der Waals surface area contributed by atoms with Crippen LogP contribution in [0.2, 0.25) is 0 Å². The van der Waals surface area contributed by atoms with Crippen molar-refractivity contribution < 1.29 is 4.52 Å². The van der Waals surface area contributed by atoms with Gasteiger partial charge >= 0.3 is 0 Å². The lowest BCUT2D eigenvalue weighted by Crippen LogP contribution is -2.33. The quantitative estimate of drug-likeness (QED) is 0.782. The molecule has 5 rings (SSSR count). The summed E-state index contributed by atoms with van der Waals surface area (Å²) in [6, 6.07) is 10.2. The third-order valence-electron chi connectivity index (χ3n) is 6.97. The van der Waals surface area contributed by atoms with Gasteiger partial charge in [0.1, 0.15) is 0 Å². The van der Waals surface area contributed by atoms with Crippen molar-refractivity contribution in [1.82, 2.24) is 19.9 Å². The zero-order chi connectivity index (χ0) is 18.1. The van der Waals surface area contributed by atoms with Crippen LogP contribution in [0.1, 0.15) is 44.4 Å². The molecule has 1 aliphatic carbocycles. The van der Waals surface area contributed by atoms with Crippen molar-refractivity contribution in [2.24, 2.45) is 5.92 Å². The van der Waals surface area contributed by atoms with Gasteiger partial charge in [0, 0.05) is 18.7 Å². The molecule has 144 valence electrons. The summed E-state index contributed by atoms with van der Waals surface area (Å²) in [7, 11) is 0. The Hall–Kier alpha value is -1.72. The van der Waals surface area contributed by atoms with Crippen LogP contribution in [0.25, 0.3) is 11.4 Å². The maximum absolute atomic E-state index is 5.85. The smallest absolute Gasteiger partial charge is 0.234 e. The molecule has 0 bridgehead atoms. The average molecular weight is 367 g/mol. The predicted molar refractivity (Wildman–Crippen MR) is 105 cm³/mol. The van der Waals surface area contributed by atoms with Gasteiger partial charge in [0.15, 0.2) is 0 Å². The highest BCUT2D eigenvalue weighted by molar-refractivity contribution is 5.53. The molecule has 2 atom stereocenters. The lowest BCUT2D eigenvalue weighted by molar-refractivity contribution is 0.239. The molecular formula is C22H30N4O. The molecule has 0 unspecified atom stereocenters. The first kappa shape index (κ1) is 17.4. The van der Waals surface area contributed by atoms with Gasteiger partial charge in [0.25, 0.3) is 0 Å². The minimum atomic E-state index is 0.0909. The van der Waals surface area contributed by atoms with E-state index >= 15 is 0 Å². The van der Waals surface area contributed by atoms with E-state index in [0.717, 1.165) is 23.8 Å². The summed E-state index contributed by atoms with van der Waals surface area (Å²) < 4.78 is 5.85. The largest absolute Gasteiger partial charge is 0.338 e. The minimum Gasteiger partial charge on any atom is -0.338 e. The van der Waals surface area contributed by atoms with Crippen molar-refractivity contribution in [3.05, 3.63) is 36.2 Å². The van der Waals surface area contributed by atoms with Crippen molar-refractivity contribution in [3.8, 4) is 11.4 Å². The monoisotopic (exact) mass is 366 g/mol. The molecule has 2 aliphatic heterocycles. The topological polar surface area (TPSA) is 45.4 Å². The van der Waals surface area contributed by atoms with Crippen LogP contribution in [0.5, 0.6) is 0 Å². The number of fused-ring (bicyclic) bond motifs is 1. The molecular weight excluding hydrogens is 336 g/mol. The second-order valence-corrected chi connectivity index (χ2v) is 8.67. The molecule has 2 saturated heterocycles. The number of benzene rings is 1. The Kier molecular flexibility index (Phi) is 4.74. The standard InChI is InChI=1S/C22H30N4O/c1-2-8-18(9-3-1)20-23-21(27-24-20)22-11-6-10-19(22)16-26(17-22)15-7-14-25-12-4-5-13-25/h1-3,8-9,19H,4-7,10-17H2/t19-,22-/m1/s1. The lowest BCUT2D eigenvalue weighted by atomic mass is 9.80. The number of rotatable bonds is 6. The van der Waals surface area contributed by atoms with Gasteiger partial charge in [-0.2, -0.15) is 4.98 Å². The van der Waals surface area contributed by atoms with Crippen LogP contribution in [-0.2, 0) is 5.41 Å². The fourth-order valence-corrected chi connectivity index (χ4v) is 5.57. The molecule has 3 aliphatic rings. The van der Waals surface area contributed by atoms with E-state index in [4.69, 9.17) is 9.51 Å². The molecule has 3 heterocycles. The van der Waals surface area contributed by atoms with E-state index in [0.29, 0.717) is 5.92 Å². The number of nitrogens with zero attached hydrogens (tertiary/aromatic N) is 4. The van der Waals surface area contributed by atoms with E-state index in [9.17, 15) is 0 Å². The Morgan fingerprint density at radius 3 is 2.70 bits per heavy atom. The third-order valence-corrected chi connectivity index (χ3v) is 6.97. The van der Waals surface area contributed by atoms with E-state index in [1.807, 2.05) is 18.2 Å². The molecule has 27 heavy (non-hydrogen) atoms. The minimum absolute atomic E-state index is 0.0909. The number of likely N-dealkylation sites (tertiary alicyclic amines) is 2. The van der Waals surface area contributed by atoms with Crippen LogP contribution in [0.15, 0.2) is 34.9 Å². The first-order valence-electron chi connectivity index (χ1n) is 10.7. The van der Waals surface area contributed by atoms with E-state index in [1.165, 1.54) is 71.2 Å². The highest BCUT2D eigenvalue weighted by Crippen LogP contribution is 2.50. The lowest BCUT2D eigenvalue weighted by Gasteiger charge is -2.24. The Bertz CT molecular complexity index is 755. The van der Waals surface area contributed by atoms with Crippen LogP contribution in [-0.4, -0.2) is 59.2 Å². The maximum Gasteiger partial charge on any atom is 0.234 e. The number of aromatic nitrogens is 2. The second kappa shape index (κ2) is 7.36. The van der Waals surface area contributed by atoms with Crippen LogP contribution >= 0.6 is 0 Å². The molecule has 0 spiro atoms. The van der Waals surface area contributed by atoms with Gasteiger partial charge in [-0.05, 0) is 64.2 Å². The molecule has 0 amide bonds. The fourth-order valence-electron chi connectivity index (χ4n) is 5.57. The summed E-state index contributed by atoms with van der Waals surface area (Å²) in [5, 5.41) is 4.31. The van der Waals surface area contributed by atoms with Gasteiger partial charge in [-0.1, -0.05) is 41.9 Å². The van der Waals surface area contributed by atoms with Crippen LogP contribution < -0.4 is 0 Å². The van der Waals surface area contributed by atoms with Gasteiger partial charge in [-0.3, -0.25) is 0 Å². The van der Waals surface area contributed by atoms with Crippen molar-refractivity contribution in [1.29, 1.82) is 0 Å². The van der Waals surface area contributed by atoms with Gasteiger partial charge in [0.2, 0.25) is 11.7 Å². The molecule has 2 aromatic rings. The zero-order valence-corrected chi connectivity index (χ0v) is 16.1. The Balaban J connectivity index is 1.27. The summed E-state index contributed by atoms with van der Waals surface area (Å²) in [5.41, 5.74) is 1.13. The van der Waals surface area contributed by atoms with Crippen molar-refractivity contribution in [3.63, 3.8) is 0 Å². The third kappa shape index (κ3) is 3.32. The molecule has 5 nitrogen and oxygen atoms in total. The first-order valence-corrected chi connectivity index (χ1v) is 10.7. The van der Waals surface area contributed by atoms with E-state index in [1.54, 1.807) is 0 Å². The second-order valence-electron chi connectivity index (χ2n) is 8.67. The van der Waals surface area contributed by atoms with E-state index < -0.39 is 0 Å². The van der Waals surface area contributed by atoms with Gasteiger partial charge in [-0.25, -0.2) is 0 Å². The average Bonchev–Trinajstić information content (AvgIpc) is 3.46. The maximum atomic E-state index is 5.85. The highest BCUT2D eigenvalue weighted by Gasteiger charge is 2.53. The SMILES string of the molecule is c1ccc(-c2noc([C@@]34CCC[C@@H]3CN(CCCN3CCCC3)C4)n2)cc1.